The van der Waals surface area contributed by atoms with Crippen molar-refractivity contribution in [3.8, 4) is 5.75 Å². The summed E-state index contributed by atoms with van der Waals surface area (Å²) in [5.41, 5.74) is 5.69. The van der Waals surface area contributed by atoms with E-state index in [0.717, 1.165) is 34.2 Å². The van der Waals surface area contributed by atoms with Crippen molar-refractivity contribution in [3.05, 3.63) is 82.7 Å². The monoisotopic (exact) mass is 519 g/mol. The summed E-state index contributed by atoms with van der Waals surface area (Å²) in [6.45, 7) is 6.01. The molecule has 0 unspecified atom stereocenters. The summed E-state index contributed by atoms with van der Waals surface area (Å²) in [6.07, 6.45) is 0. The fourth-order valence-electron chi connectivity index (χ4n) is 3.14. The number of nitrogens with zero attached hydrogens (tertiary/aromatic N) is 3. The van der Waals surface area contributed by atoms with E-state index in [0.29, 0.717) is 19.7 Å². The van der Waals surface area contributed by atoms with Crippen LogP contribution in [0.1, 0.15) is 28.1 Å². The maximum absolute atomic E-state index is 5.92. The quantitative estimate of drug-likeness (QED) is 0.281. The number of hydrogen-bond donors (Lipinski definition) is 2. The van der Waals surface area contributed by atoms with E-state index < -0.39 is 0 Å². The van der Waals surface area contributed by atoms with E-state index in [4.69, 9.17) is 4.74 Å². The Labute approximate surface area is 195 Å². The van der Waals surface area contributed by atoms with Gasteiger partial charge in [-0.05, 0) is 37.1 Å². The van der Waals surface area contributed by atoms with Gasteiger partial charge in [0.05, 0.1) is 5.69 Å². The van der Waals surface area contributed by atoms with E-state index in [1.54, 1.807) is 7.05 Å². The summed E-state index contributed by atoms with van der Waals surface area (Å²) < 4.78 is 7.82. The van der Waals surface area contributed by atoms with Crippen molar-refractivity contribution in [2.24, 2.45) is 12.0 Å². The number of aromatic nitrogens is 2. The van der Waals surface area contributed by atoms with E-state index in [2.05, 4.69) is 51.9 Å². The lowest BCUT2D eigenvalue weighted by molar-refractivity contribution is 0.306. The van der Waals surface area contributed by atoms with Crippen LogP contribution in [0, 0.1) is 13.8 Å². The van der Waals surface area contributed by atoms with E-state index in [1.807, 2.05) is 49.0 Å². The van der Waals surface area contributed by atoms with Crippen LogP contribution in [0.4, 0.5) is 0 Å². The number of guanidine groups is 1. The third-order valence-corrected chi connectivity index (χ3v) is 4.92. The average molecular weight is 519 g/mol. The molecule has 3 rings (SSSR count). The molecule has 0 atom stereocenters. The Bertz CT molecular complexity index is 969. The summed E-state index contributed by atoms with van der Waals surface area (Å²) in [4.78, 5) is 4.32. The number of hydrogen-bond acceptors (Lipinski definition) is 3. The first kappa shape index (κ1) is 23.7. The molecule has 30 heavy (non-hydrogen) atoms. The van der Waals surface area contributed by atoms with Gasteiger partial charge in [0.1, 0.15) is 12.4 Å². The molecule has 0 saturated heterocycles. The van der Waals surface area contributed by atoms with Gasteiger partial charge in [0.25, 0.3) is 0 Å². The van der Waals surface area contributed by atoms with Crippen molar-refractivity contribution in [1.82, 2.24) is 20.4 Å². The molecule has 3 aromatic rings. The first-order valence-electron chi connectivity index (χ1n) is 9.76. The van der Waals surface area contributed by atoms with Crippen molar-refractivity contribution in [3.63, 3.8) is 0 Å². The fourth-order valence-corrected chi connectivity index (χ4v) is 3.14. The Morgan fingerprint density at radius 3 is 2.37 bits per heavy atom. The van der Waals surface area contributed by atoms with E-state index in [1.165, 1.54) is 5.56 Å². The van der Waals surface area contributed by atoms with Gasteiger partial charge in [0, 0.05) is 38.4 Å². The second kappa shape index (κ2) is 11.6. The largest absolute Gasteiger partial charge is 0.489 e. The summed E-state index contributed by atoms with van der Waals surface area (Å²) >= 11 is 0. The van der Waals surface area contributed by atoms with Gasteiger partial charge in [0.2, 0.25) is 0 Å². The normalized spacial score (nSPS) is 11.0. The summed E-state index contributed by atoms with van der Waals surface area (Å²) in [5.74, 6) is 1.61. The predicted molar refractivity (Wildman–Crippen MR) is 132 cm³/mol. The van der Waals surface area contributed by atoms with Gasteiger partial charge >= 0.3 is 0 Å². The van der Waals surface area contributed by atoms with Crippen LogP contribution < -0.4 is 15.4 Å². The van der Waals surface area contributed by atoms with E-state index in [-0.39, 0.29) is 24.0 Å². The predicted octanol–water partition coefficient (Wildman–Crippen LogP) is 4.10. The number of halogens is 1. The van der Waals surface area contributed by atoms with E-state index in [9.17, 15) is 0 Å². The Hall–Kier alpha value is -2.55. The van der Waals surface area contributed by atoms with Crippen LogP contribution in [0.15, 0.2) is 59.6 Å². The molecule has 0 aliphatic heterocycles. The van der Waals surface area contributed by atoms with Gasteiger partial charge in [-0.2, -0.15) is 5.10 Å². The Kier molecular flexibility index (Phi) is 9.16. The molecular formula is C23H30IN5O. The Morgan fingerprint density at radius 2 is 1.70 bits per heavy atom. The standard InChI is InChI=1S/C23H29N5O.HI/c1-17-22(18(2)28(4)27-17)15-26-23(24-3)25-14-20-11-8-12-21(13-20)29-16-19-9-6-5-7-10-19;/h5-13H,14-16H2,1-4H3,(H2,24,25,26);1H. The molecule has 1 heterocycles. The van der Waals surface area contributed by atoms with Gasteiger partial charge < -0.3 is 15.4 Å². The second-order valence-corrected chi connectivity index (χ2v) is 6.97. The molecule has 0 aliphatic rings. The van der Waals surface area contributed by atoms with Gasteiger partial charge in [-0.1, -0.05) is 42.5 Å². The van der Waals surface area contributed by atoms with Crippen LogP contribution in [0.3, 0.4) is 0 Å². The zero-order valence-electron chi connectivity index (χ0n) is 18.0. The molecule has 2 aromatic carbocycles. The second-order valence-electron chi connectivity index (χ2n) is 6.97. The molecule has 0 bridgehead atoms. The highest BCUT2D eigenvalue weighted by molar-refractivity contribution is 14.0. The molecule has 0 aliphatic carbocycles. The molecular weight excluding hydrogens is 489 g/mol. The minimum atomic E-state index is 0. The highest BCUT2D eigenvalue weighted by Gasteiger charge is 2.09. The third-order valence-electron chi connectivity index (χ3n) is 4.92. The molecule has 7 heteroatoms. The first-order chi connectivity index (χ1) is 14.1. The van der Waals surface area contributed by atoms with Crippen LogP contribution >= 0.6 is 24.0 Å². The zero-order valence-corrected chi connectivity index (χ0v) is 20.3. The van der Waals surface area contributed by atoms with Crippen LogP contribution in [0.25, 0.3) is 0 Å². The lowest BCUT2D eigenvalue weighted by Crippen LogP contribution is -2.36. The van der Waals surface area contributed by atoms with Gasteiger partial charge in [-0.25, -0.2) is 0 Å². The molecule has 0 saturated carbocycles. The summed E-state index contributed by atoms with van der Waals surface area (Å²) in [7, 11) is 3.74. The van der Waals surface area contributed by atoms with Crippen molar-refractivity contribution >= 4 is 29.9 Å². The summed E-state index contributed by atoms with van der Waals surface area (Å²) in [5, 5.41) is 11.2. The van der Waals surface area contributed by atoms with Crippen LogP contribution in [-0.2, 0) is 26.7 Å². The zero-order chi connectivity index (χ0) is 20.6. The van der Waals surface area contributed by atoms with Crippen LogP contribution in [-0.4, -0.2) is 22.8 Å². The van der Waals surface area contributed by atoms with Crippen molar-refractivity contribution in [2.75, 3.05) is 7.05 Å². The Morgan fingerprint density at radius 1 is 1.00 bits per heavy atom. The third kappa shape index (κ3) is 6.48. The average Bonchev–Trinajstić information content (AvgIpc) is 2.99. The van der Waals surface area contributed by atoms with Crippen molar-refractivity contribution < 1.29 is 4.74 Å². The summed E-state index contributed by atoms with van der Waals surface area (Å²) in [6, 6.07) is 18.3. The van der Waals surface area contributed by atoms with Crippen molar-refractivity contribution in [1.29, 1.82) is 0 Å². The molecule has 0 spiro atoms. The maximum Gasteiger partial charge on any atom is 0.191 e. The molecule has 0 fully saturated rings. The number of ether oxygens (including phenoxy) is 1. The van der Waals surface area contributed by atoms with Gasteiger partial charge in [-0.3, -0.25) is 9.67 Å². The number of aryl methyl sites for hydroxylation is 2. The highest BCUT2D eigenvalue weighted by atomic mass is 127. The Balaban J connectivity index is 0.00000320. The molecule has 1 aromatic heterocycles. The molecule has 2 N–H and O–H groups in total. The van der Waals surface area contributed by atoms with E-state index >= 15 is 0 Å². The topological polar surface area (TPSA) is 63.5 Å². The number of aliphatic imine (C=N–C) groups is 1. The SMILES string of the molecule is CN=C(NCc1cccc(OCc2ccccc2)c1)NCc1c(C)nn(C)c1C.I. The number of rotatable bonds is 7. The molecule has 6 nitrogen and oxygen atoms in total. The van der Waals surface area contributed by atoms with Gasteiger partial charge in [0.15, 0.2) is 5.96 Å². The maximum atomic E-state index is 5.92. The van der Waals surface area contributed by atoms with Crippen LogP contribution in [0.2, 0.25) is 0 Å². The minimum Gasteiger partial charge on any atom is -0.489 e. The smallest absolute Gasteiger partial charge is 0.191 e. The minimum absolute atomic E-state index is 0. The lowest BCUT2D eigenvalue weighted by Gasteiger charge is -2.13. The molecule has 160 valence electrons. The lowest BCUT2D eigenvalue weighted by atomic mass is 10.2. The van der Waals surface area contributed by atoms with Crippen LogP contribution in [0.5, 0.6) is 5.75 Å². The molecule has 0 amide bonds. The first-order valence-corrected chi connectivity index (χ1v) is 9.76. The highest BCUT2D eigenvalue weighted by Crippen LogP contribution is 2.15. The number of benzene rings is 2. The van der Waals surface area contributed by atoms with Crippen molar-refractivity contribution in [2.45, 2.75) is 33.5 Å². The number of nitrogens with one attached hydrogen (secondary N) is 2. The fraction of sp³-hybridized carbons (Fsp3) is 0.304. The molecule has 0 radical (unpaired) electrons. The van der Waals surface area contributed by atoms with Gasteiger partial charge in [-0.15, -0.1) is 24.0 Å².